The van der Waals surface area contributed by atoms with Crippen molar-refractivity contribution in [1.82, 2.24) is 15.6 Å². The van der Waals surface area contributed by atoms with Crippen molar-refractivity contribution >= 4 is 44.6 Å². The van der Waals surface area contributed by atoms with Gasteiger partial charge in [-0.1, -0.05) is 13.8 Å². The average Bonchev–Trinajstić information content (AvgIpc) is 3.08. The SMILES string of the molecule is CN=C(NCc1ccc(Br)s1)NCc1nc(C(C)C)cs1. The van der Waals surface area contributed by atoms with Crippen molar-refractivity contribution in [3.05, 3.63) is 36.9 Å². The fourth-order valence-corrected chi connectivity index (χ4v) is 3.99. The molecule has 0 atom stereocenters. The van der Waals surface area contributed by atoms with Gasteiger partial charge in [0.2, 0.25) is 0 Å². The van der Waals surface area contributed by atoms with Crippen LogP contribution in [0.5, 0.6) is 0 Å². The van der Waals surface area contributed by atoms with E-state index in [1.54, 1.807) is 29.7 Å². The van der Waals surface area contributed by atoms with E-state index in [2.05, 4.69) is 67.9 Å². The van der Waals surface area contributed by atoms with Crippen LogP contribution in [0.25, 0.3) is 0 Å². The number of hydrogen-bond donors (Lipinski definition) is 2. The Balaban J connectivity index is 1.82. The van der Waals surface area contributed by atoms with E-state index in [1.807, 2.05) is 0 Å². The molecule has 0 aliphatic heterocycles. The summed E-state index contributed by atoms with van der Waals surface area (Å²) in [7, 11) is 1.78. The van der Waals surface area contributed by atoms with Crippen LogP contribution in [0.1, 0.15) is 35.3 Å². The first-order valence-corrected chi connectivity index (χ1v) is 9.20. The molecule has 4 nitrogen and oxygen atoms in total. The zero-order chi connectivity index (χ0) is 15.2. The van der Waals surface area contributed by atoms with Crippen LogP contribution in [0.3, 0.4) is 0 Å². The van der Waals surface area contributed by atoms with Crippen LogP contribution in [0, 0.1) is 0 Å². The largest absolute Gasteiger partial charge is 0.352 e. The lowest BCUT2D eigenvalue weighted by atomic mass is 10.2. The Kier molecular flexibility index (Phi) is 6.20. The minimum atomic E-state index is 0.477. The van der Waals surface area contributed by atoms with E-state index in [0.717, 1.165) is 27.0 Å². The fourth-order valence-electron chi connectivity index (χ4n) is 1.67. The molecule has 7 heteroatoms. The second-order valence-electron chi connectivity index (χ2n) is 4.81. The molecule has 0 radical (unpaired) electrons. The van der Waals surface area contributed by atoms with Crippen LogP contribution in [-0.2, 0) is 13.1 Å². The quantitative estimate of drug-likeness (QED) is 0.603. The van der Waals surface area contributed by atoms with Crippen molar-refractivity contribution in [3.63, 3.8) is 0 Å². The zero-order valence-corrected chi connectivity index (χ0v) is 15.5. The van der Waals surface area contributed by atoms with Crippen LogP contribution < -0.4 is 10.6 Å². The maximum absolute atomic E-state index is 4.61. The first-order chi connectivity index (χ1) is 10.1. The molecule has 21 heavy (non-hydrogen) atoms. The Morgan fingerprint density at radius 1 is 1.33 bits per heavy atom. The van der Waals surface area contributed by atoms with Crippen molar-refractivity contribution in [3.8, 4) is 0 Å². The highest BCUT2D eigenvalue weighted by atomic mass is 79.9. The lowest BCUT2D eigenvalue weighted by Gasteiger charge is -2.09. The van der Waals surface area contributed by atoms with E-state index in [-0.39, 0.29) is 0 Å². The summed E-state index contributed by atoms with van der Waals surface area (Å²) in [5.74, 6) is 1.27. The van der Waals surface area contributed by atoms with Gasteiger partial charge in [-0.2, -0.15) is 0 Å². The third-order valence-corrected chi connectivity index (χ3v) is 5.34. The molecule has 114 valence electrons. The fraction of sp³-hybridized carbons (Fsp3) is 0.429. The topological polar surface area (TPSA) is 49.3 Å². The molecule has 2 N–H and O–H groups in total. The number of rotatable bonds is 5. The van der Waals surface area contributed by atoms with Gasteiger partial charge in [0.15, 0.2) is 5.96 Å². The molecule has 0 aliphatic carbocycles. The van der Waals surface area contributed by atoms with Crippen molar-refractivity contribution in [2.75, 3.05) is 7.05 Å². The summed E-state index contributed by atoms with van der Waals surface area (Å²) in [5.41, 5.74) is 1.16. The number of thiazole rings is 1. The maximum atomic E-state index is 4.61. The lowest BCUT2D eigenvalue weighted by molar-refractivity contribution is 0.788. The summed E-state index contributed by atoms with van der Waals surface area (Å²) in [4.78, 5) is 10.1. The predicted molar refractivity (Wildman–Crippen MR) is 95.3 cm³/mol. The van der Waals surface area contributed by atoms with Crippen molar-refractivity contribution < 1.29 is 0 Å². The van der Waals surface area contributed by atoms with Crippen molar-refractivity contribution in [2.45, 2.75) is 32.9 Å². The Labute approximate surface area is 141 Å². The molecule has 0 fully saturated rings. The van der Waals surface area contributed by atoms with E-state index in [0.29, 0.717) is 12.5 Å². The van der Waals surface area contributed by atoms with Crippen LogP contribution in [0.2, 0.25) is 0 Å². The number of aromatic nitrogens is 1. The van der Waals surface area contributed by atoms with Gasteiger partial charge in [-0.3, -0.25) is 4.99 Å². The van der Waals surface area contributed by atoms with Crippen LogP contribution >= 0.6 is 38.6 Å². The molecule has 0 bridgehead atoms. The molecule has 2 aromatic heterocycles. The molecule has 0 spiro atoms. The number of hydrogen-bond acceptors (Lipinski definition) is 4. The highest BCUT2D eigenvalue weighted by molar-refractivity contribution is 9.11. The Morgan fingerprint density at radius 2 is 2.10 bits per heavy atom. The second kappa shape index (κ2) is 7.91. The predicted octanol–water partition coefficient (Wildman–Crippen LogP) is 3.96. The second-order valence-corrected chi connectivity index (χ2v) is 8.30. The summed E-state index contributed by atoms with van der Waals surface area (Å²) in [6, 6.07) is 4.16. The van der Waals surface area contributed by atoms with Crippen LogP contribution in [0.15, 0.2) is 26.3 Å². The number of thiophene rings is 1. The van der Waals surface area contributed by atoms with Gasteiger partial charge in [-0.05, 0) is 34.0 Å². The molecule has 0 saturated carbocycles. The van der Waals surface area contributed by atoms with E-state index < -0.39 is 0 Å². The van der Waals surface area contributed by atoms with Crippen LogP contribution in [-0.4, -0.2) is 18.0 Å². The van der Waals surface area contributed by atoms with Gasteiger partial charge in [0.05, 0.1) is 22.6 Å². The lowest BCUT2D eigenvalue weighted by Crippen LogP contribution is -2.36. The molecular formula is C14H19BrN4S2. The number of nitrogens with zero attached hydrogens (tertiary/aromatic N) is 2. The summed E-state index contributed by atoms with van der Waals surface area (Å²) in [5, 5.41) is 9.81. The smallest absolute Gasteiger partial charge is 0.191 e. The number of aliphatic imine (C=N–C) groups is 1. The molecule has 0 unspecified atom stereocenters. The molecule has 2 rings (SSSR count). The first kappa shape index (κ1) is 16.5. The zero-order valence-electron chi connectivity index (χ0n) is 12.3. The van der Waals surface area contributed by atoms with E-state index in [4.69, 9.17) is 0 Å². The highest BCUT2D eigenvalue weighted by Gasteiger charge is 2.06. The van der Waals surface area contributed by atoms with Gasteiger partial charge in [0.25, 0.3) is 0 Å². The first-order valence-electron chi connectivity index (χ1n) is 6.71. The van der Waals surface area contributed by atoms with E-state index >= 15 is 0 Å². The maximum Gasteiger partial charge on any atom is 0.191 e. The standard InChI is InChI=1S/C14H19BrN4S2/c1-9(2)11-8-20-13(19-11)7-18-14(16-3)17-6-10-4-5-12(15)21-10/h4-5,8-9H,6-7H2,1-3H3,(H2,16,17,18). The minimum Gasteiger partial charge on any atom is -0.352 e. The van der Waals surface area contributed by atoms with Gasteiger partial charge >= 0.3 is 0 Å². The summed E-state index contributed by atoms with van der Waals surface area (Å²) in [6.45, 7) is 5.79. The molecule has 0 saturated heterocycles. The van der Waals surface area contributed by atoms with Crippen LogP contribution in [0.4, 0.5) is 0 Å². The average molecular weight is 387 g/mol. The Hall–Kier alpha value is -0.920. The van der Waals surface area contributed by atoms with E-state index in [1.165, 1.54) is 4.88 Å². The van der Waals surface area contributed by atoms with E-state index in [9.17, 15) is 0 Å². The van der Waals surface area contributed by atoms with Gasteiger partial charge in [-0.25, -0.2) is 4.98 Å². The third kappa shape index (κ3) is 5.09. The number of guanidine groups is 1. The normalized spacial score (nSPS) is 12.0. The Morgan fingerprint density at radius 3 is 2.67 bits per heavy atom. The molecule has 0 aromatic carbocycles. The highest BCUT2D eigenvalue weighted by Crippen LogP contribution is 2.21. The van der Waals surface area contributed by atoms with Gasteiger partial charge in [0.1, 0.15) is 5.01 Å². The molecule has 0 amide bonds. The summed E-state index contributed by atoms with van der Waals surface area (Å²) in [6.07, 6.45) is 0. The van der Waals surface area contributed by atoms with Gasteiger partial charge in [0, 0.05) is 17.3 Å². The van der Waals surface area contributed by atoms with Gasteiger partial charge in [-0.15, -0.1) is 22.7 Å². The minimum absolute atomic E-state index is 0.477. The van der Waals surface area contributed by atoms with Crippen molar-refractivity contribution in [1.29, 1.82) is 0 Å². The summed E-state index contributed by atoms with van der Waals surface area (Å²) < 4.78 is 1.14. The molecular weight excluding hydrogens is 368 g/mol. The Bertz CT molecular complexity index is 604. The third-order valence-electron chi connectivity index (χ3n) is 2.85. The van der Waals surface area contributed by atoms with Crippen molar-refractivity contribution in [2.24, 2.45) is 4.99 Å². The number of halogens is 1. The molecule has 2 aromatic rings. The summed E-state index contributed by atoms with van der Waals surface area (Å²) >= 11 is 6.88. The molecule has 0 aliphatic rings. The van der Waals surface area contributed by atoms with Gasteiger partial charge < -0.3 is 10.6 Å². The number of nitrogens with one attached hydrogen (secondary N) is 2. The molecule has 2 heterocycles. The monoisotopic (exact) mass is 386 g/mol.